The van der Waals surface area contributed by atoms with Crippen LogP contribution in [0.25, 0.3) is 0 Å². The Hall–Kier alpha value is -0.0600. The Labute approximate surface area is 107 Å². The maximum atomic E-state index is 10.5. The fourth-order valence-electron chi connectivity index (χ4n) is 1.62. The molecule has 0 unspecified atom stereocenters. The lowest BCUT2D eigenvalue weighted by atomic mass is 10.3. The monoisotopic (exact) mass is 288 g/mol. The number of aliphatic hydroxyl groups is 1. The van der Waals surface area contributed by atoms with Gasteiger partial charge in [0.05, 0.1) is 12.4 Å². The minimum Gasteiger partial charge on any atom is -0.395 e. The Morgan fingerprint density at radius 3 is 1.76 bits per heavy atom. The summed E-state index contributed by atoms with van der Waals surface area (Å²) in [4.78, 5) is 4.13. The van der Waals surface area contributed by atoms with Crippen molar-refractivity contribution in [3.05, 3.63) is 0 Å². The van der Waals surface area contributed by atoms with Gasteiger partial charge in [-0.2, -0.15) is 8.42 Å². The van der Waals surface area contributed by atoms with Crippen LogP contribution in [0.15, 0.2) is 0 Å². The van der Waals surface area contributed by atoms with Crippen molar-refractivity contribution in [1.29, 1.82) is 0 Å². The van der Waals surface area contributed by atoms with Crippen molar-refractivity contribution < 1.29 is 22.3 Å². The molecule has 1 rings (SSSR count). The second kappa shape index (κ2) is 8.95. The minimum absolute atomic E-state index is 0.158. The summed E-state index contributed by atoms with van der Waals surface area (Å²) in [5, 5.41) is 8.73. The van der Waals surface area contributed by atoms with E-state index in [-0.39, 0.29) is 12.4 Å². The lowest BCUT2D eigenvalue weighted by molar-refractivity contribution is 0.116. The maximum absolute atomic E-state index is 10.5. The molecule has 0 atom stereocenters. The normalized spacial score (nSPS) is 18.5. The molecule has 0 aromatic carbocycles. The van der Waals surface area contributed by atoms with E-state index in [1.54, 1.807) is 12.5 Å². The van der Waals surface area contributed by atoms with Crippen LogP contribution in [-0.2, 0) is 22.7 Å². The number of rotatable bonds is 5. The van der Waals surface area contributed by atoms with E-state index < -0.39 is 10.1 Å². The molecule has 0 saturated carbocycles. The van der Waals surface area contributed by atoms with Crippen LogP contribution >= 0.6 is 0 Å². The molecule has 0 aromatic rings. The number of nitrogens with zero attached hydrogens (tertiary/aromatic N) is 2. The number of hydrogen-bond donors (Lipinski definition) is 2. The van der Waals surface area contributed by atoms with Gasteiger partial charge in [-0.3, -0.25) is 18.6 Å². The summed E-state index contributed by atoms with van der Waals surface area (Å²) >= 11 is 1.72. The molecule has 0 bridgehead atoms. The highest BCUT2D eigenvalue weighted by molar-refractivity contribution is 7.85. The Morgan fingerprint density at radius 2 is 1.41 bits per heavy atom. The SMILES string of the molecule is O=S(=O)(O)CCN1CCN(CCO)CC1.O=[SH2]. The Bertz CT molecular complexity index is 290. The van der Waals surface area contributed by atoms with E-state index in [9.17, 15) is 8.42 Å². The third-order valence-electron chi connectivity index (χ3n) is 2.55. The lowest BCUT2D eigenvalue weighted by Gasteiger charge is -2.33. The van der Waals surface area contributed by atoms with Crippen molar-refractivity contribution >= 4 is 22.7 Å². The predicted octanol–water partition coefficient (Wildman–Crippen LogP) is -2.39. The van der Waals surface area contributed by atoms with Crippen molar-refractivity contribution in [2.24, 2.45) is 0 Å². The van der Waals surface area contributed by atoms with Crippen LogP contribution in [0.1, 0.15) is 0 Å². The molecule has 1 aliphatic rings. The van der Waals surface area contributed by atoms with Crippen LogP contribution in [0.5, 0.6) is 0 Å². The summed E-state index contributed by atoms with van der Waals surface area (Å²) < 4.78 is 37.7. The zero-order valence-electron chi connectivity index (χ0n) is 9.58. The summed E-state index contributed by atoms with van der Waals surface area (Å²) in [6.07, 6.45) is 0. The number of β-amino-alcohol motifs (C(OH)–C–C–N with tert-alkyl or cyclic N) is 1. The maximum Gasteiger partial charge on any atom is 0.266 e. The fourth-order valence-corrected chi connectivity index (χ4v) is 2.11. The van der Waals surface area contributed by atoms with E-state index in [0.29, 0.717) is 13.1 Å². The Morgan fingerprint density at radius 1 is 1.00 bits per heavy atom. The largest absolute Gasteiger partial charge is 0.395 e. The third kappa shape index (κ3) is 8.63. The van der Waals surface area contributed by atoms with Crippen molar-refractivity contribution in [3.63, 3.8) is 0 Å². The van der Waals surface area contributed by atoms with Crippen molar-refractivity contribution in [2.45, 2.75) is 0 Å². The van der Waals surface area contributed by atoms with Crippen LogP contribution in [0.3, 0.4) is 0 Å². The van der Waals surface area contributed by atoms with Crippen LogP contribution in [0.4, 0.5) is 0 Å². The molecule has 0 radical (unpaired) electrons. The first-order valence-corrected chi connectivity index (χ1v) is 7.24. The van der Waals surface area contributed by atoms with E-state index in [4.69, 9.17) is 13.9 Å². The summed E-state index contributed by atoms with van der Waals surface area (Å²) in [6.45, 7) is 4.46. The molecule has 17 heavy (non-hydrogen) atoms. The van der Waals surface area contributed by atoms with E-state index in [0.717, 1.165) is 26.2 Å². The van der Waals surface area contributed by atoms with E-state index >= 15 is 0 Å². The van der Waals surface area contributed by atoms with Gasteiger partial charge in [0.1, 0.15) is 0 Å². The highest BCUT2D eigenvalue weighted by atomic mass is 32.2. The fraction of sp³-hybridized carbons (Fsp3) is 1.00. The zero-order valence-corrected chi connectivity index (χ0v) is 11.4. The molecule has 1 heterocycles. The van der Waals surface area contributed by atoms with Gasteiger partial charge in [0.25, 0.3) is 10.1 Å². The van der Waals surface area contributed by atoms with Gasteiger partial charge in [-0.15, -0.1) is 0 Å². The highest BCUT2D eigenvalue weighted by Crippen LogP contribution is 2.01. The summed E-state index contributed by atoms with van der Waals surface area (Å²) in [5.41, 5.74) is 0. The quantitative estimate of drug-likeness (QED) is 0.545. The molecular weight excluding hydrogens is 268 g/mol. The molecule has 0 spiro atoms. The van der Waals surface area contributed by atoms with Gasteiger partial charge in [0.2, 0.25) is 0 Å². The van der Waals surface area contributed by atoms with Gasteiger partial charge in [0.15, 0.2) is 0 Å². The van der Waals surface area contributed by atoms with Gasteiger partial charge >= 0.3 is 0 Å². The first-order chi connectivity index (χ1) is 8.01. The molecule has 0 aliphatic carbocycles. The molecule has 1 aliphatic heterocycles. The molecule has 9 heteroatoms. The van der Waals surface area contributed by atoms with Crippen LogP contribution < -0.4 is 0 Å². The van der Waals surface area contributed by atoms with Crippen LogP contribution in [0, 0.1) is 0 Å². The van der Waals surface area contributed by atoms with Crippen molar-refractivity contribution in [1.82, 2.24) is 9.80 Å². The summed E-state index contributed by atoms with van der Waals surface area (Å²) in [5.74, 6) is -0.201. The van der Waals surface area contributed by atoms with E-state index in [1.807, 2.05) is 4.90 Å². The van der Waals surface area contributed by atoms with Crippen molar-refractivity contribution in [2.75, 3.05) is 51.6 Å². The average molecular weight is 288 g/mol. The molecule has 104 valence electrons. The highest BCUT2D eigenvalue weighted by Gasteiger charge is 2.17. The topological polar surface area (TPSA) is 98.2 Å². The molecule has 1 fully saturated rings. The molecule has 0 aromatic heterocycles. The van der Waals surface area contributed by atoms with E-state index in [2.05, 4.69) is 4.90 Å². The Balaban J connectivity index is 0.00000121. The minimum atomic E-state index is -3.84. The second-order valence-electron chi connectivity index (χ2n) is 3.69. The number of aliphatic hydroxyl groups excluding tert-OH is 1. The smallest absolute Gasteiger partial charge is 0.266 e. The van der Waals surface area contributed by atoms with Crippen molar-refractivity contribution in [3.8, 4) is 0 Å². The molecule has 1 saturated heterocycles. The standard InChI is InChI=1S/C8H18N2O4S.H2OS/c11-7-5-9-1-3-10(4-2-9)6-8-15(12,13)14;1-2/h11H,1-8H2,(H,12,13,14);2H2. The Kier molecular flexibility index (Phi) is 8.92. The first-order valence-electron chi connectivity index (χ1n) is 5.22. The number of piperazine rings is 1. The van der Waals surface area contributed by atoms with Gasteiger partial charge in [-0.05, 0) is 12.5 Å². The van der Waals surface area contributed by atoms with Gasteiger partial charge < -0.3 is 5.11 Å². The van der Waals surface area contributed by atoms with Crippen LogP contribution in [-0.4, -0.2) is 83.7 Å². The zero-order chi connectivity index (χ0) is 13.3. The van der Waals surface area contributed by atoms with Gasteiger partial charge in [-0.25, -0.2) is 0 Å². The first kappa shape index (κ1) is 16.9. The average Bonchev–Trinajstić information content (AvgIpc) is 2.30. The molecular formula is C8H20N2O5S2. The third-order valence-corrected chi connectivity index (χ3v) is 3.25. The summed E-state index contributed by atoms with van der Waals surface area (Å²) in [7, 11) is -3.84. The van der Waals surface area contributed by atoms with Gasteiger partial charge in [-0.1, -0.05) is 0 Å². The van der Waals surface area contributed by atoms with Crippen LogP contribution in [0.2, 0.25) is 0 Å². The second-order valence-corrected chi connectivity index (χ2v) is 5.27. The molecule has 7 nitrogen and oxygen atoms in total. The summed E-state index contributed by atoms with van der Waals surface area (Å²) in [6, 6.07) is 0. The lowest BCUT2D eigenvalue weighted by Crippen LogP contribution is -2.48. The van der Waals surface area contributed by atoms with Gasteiger partial charge in [0, 0.05) is 39.3 Å². The van der Waals surface area contributed by atoms with E-state index in [1.165, 1.54) is 0 Å². The molecule has 0 amide bonds. The molecule has 2 N–H and O–H groups in total. The predicted molar refractivity (Wildman–Crippen MR) is 67.3 cm³/mol. The number of hydrogen-bond acceptors (Lipinski definition) is 6.